The van der Waals surface area contributed by atoms with Crippen LogP contribution >= 0.6 is 23.2 Å². The van der Waals surface area contributed by atoms with Crippen LogP contribution in [0, 0.1) is 12.8 Å². The van der Waals surface area contributed by atoms with Crippen molar-refractivity contribution in [3.63, 3.8) is 0 Å². The number of anilines is 2. The molecule has 0 radical (unpaired) electrons. The first-order valence-corrected chi connectivity index (χ1v) is 9.83. The second-order valence-corrected chi connectivity index (χ2v) is 8.13. The molecule has 1 heterocycles. The molecule has 148 valence electrons. The molecule has 1 unspecified atom stereocenters. The van der Waals surface area contributed by atoms with Gasteiger partial charge in [-0.15, -0.1) is 0 Å². The van der Waals surface area contributed by atoms with Gasteiger partial charge < -0.3 is 15.1 Å². The van der Waals surface area contributed by atoms with Crippen LogP contribution in [0.15, 0.2) is 36.4 Å². The average molecular weight is 420 g/mol. The fourth-order valence-corrected chi connectivity index (χ4v) is 3.66. The minimum Gasteiger partial charge on any atom is -0.325 e. The lowest BCUT2D eigenvalue weighted by Crippen LogP contribution is -2.33. The second kappa shape index (κ2) is 8.52. The number of hydrogen-bond donors (Lipinski definition) is 1. The molecule has 1 N–H and O–H groups in total. The lowest BCUT2D eigenvalue weighted by molar-refractivity contribution is -0.129. The minimum atomic E-state index is -0.719. The first-order chi connectivity index (χ1) is 13.3. The summed E-state index contributed by atoms with van der Waals surface area (Å²) in [4.78, 5) is 29.3. The number of carbonyl (C=O) groups excluding carboxylic acids is 2. The van der Waals surface area contributed by atoms with Crippen molar-refractivity contribution in [2.45, 2.75) is 19.9 Å². The number of benzene rings is 2. The normalized spacial score (nSPS) is 16.7. The molecule has 1 saturated heterocycles. The van der Waals surface area contributed by atoms with Crippen LogP contribution < -0.4 is 10.2 Å². The Kier molecular flexibility index (Phi) is 6.28. The van der Waals surface area contributed by atoms with Gasteiger partial charge in [0.15, 0.2) is 0 Å². The Hall–Kier alpha value is -2.08. The monoisotopic (exact) mass is 419 g/mol. The van der Waals surface area contributed by atoms with E-state index in [0.717, 1.165) is 16.8 Å². The van der Waals surface area contributed by atoms with E-state index in [2.05, 4.69) is 5.32 Å². The number of halogens is 2. The third kappa shape index (κ3) is 4.49. The molecule has 1 fully saturated rings. The molecule has 5 nitrogen and oxygen atoms in total. The van der Waals surface area contributed by atoms with Gasteiger partial charge in [0.05, 0.1) is 10.0 Å². The highest BCUT2D eigenvalue weighted by Gasteiger charge is 2.38. The van der Waals surface area contributed by atoms with Gasteiger partial charge in [-0.05, 0) is 57.3 Å². The van der Waals surface area contributed by atoms with Crippen molar-refractivity contribution in [3.8, 4) is 0 Å². The Morgan fingerprint density at radius 2 is 1.93 bits per heavy atom. The zero-order valence-electron chi connectivity index (χ0n) is 16.1. The Morgan fingerprint density at radius 1 is 1.18 bits per heavy atom. The van der Waals surface area contributed by atoms with E-state index in [1.807, 2.05) is 44.1 Å². The van der Waals surface area contributed by atoms with Crippen LogP contribution in [-0.4, -0.2) is 37.4 Å². The van der Waals surface area contributed by atoms with E-state index in [4.69, 9.17) is 23.2 Å². The number of carbonyl (C=O) groups is 2. The smallest absolute Gasteiger partial charge is 0.239 e. The van der Waals surface area contributed by atoms with E-state index in [1.54, 1.807) is 23.1 Å². The number of nitrogens with one attached hydrogen (secondary N) is 1. The molecule has 2 aromatic rings. The molecule has 0 bridgehead atoms. The molecule has 7 heteroatoms. The van der Waals surface area contributed by atoms with Crippen LogP contribution in [0.2, 0.25) is 10.0 Å². The Morgan fingerprint density at radius 3 is 2.61 bits per heavy atom. The molecule has 0 aromatic heterocycles. The fraction of sp³-hybridized carbons (Fsp3) is 0.333. The Bertz CT molecular complexity index is 915. The highest BCUT2D eigenvalue weighted by Crippen LogP contribution is 2.31. The number of hydrogen-bond acceptors (Lipinski definition) is 3. The van der Waals surface area contributed by atoms with Gasteiger partial charge >= 0.3 is 0 Å². The van der Waals surface area contributed by atoms with Gasteiger partial charge in [0.25, 0.3) is 0 Å². The highest BCUT2D eigenvalue weighted by atomic mass is 35.5. The maximum absolute atomic E-state index is 12.8. The largest absolute Gasteiger partial charge is 0.325 e. The quantitative estimate of drug-likeness (QED) is 0.732. The molecule has 1 aliphatic rings. The van der Waals surface area contributed by atoms with E-state index in [1.165, 1.54) is 0 Å². The van der Waals surface area contributed by atoms with Crippen LogP contribution in [0.3, 0.4) is 0 Å². The molecule has 0 spiro atoms. The summed E-state index contributed by atoms with van der Waals surface area (Å²) >= 11 is 12.0. The molecule has 1 aliphatic heterocycles. The van der Waals surface area contributed by atoms with Crippen LogP contribution in [0.4, 0.5) is 11.4 Å². The van der Waals surface area contributed by atoms with Gasteiger partial charge in [-0.3, -0.25) is 9.59 Å². The lowest BCUT2D eigenvalue weighted by Gasteiger charge is -2.19. The zero-order chi connectivity index (χ0) is 20.4. The van der Waals surface area contributed by atoms with Crippen molar-refractivity contribution < 1.29 is 9.59 Å². The van der Waals surface area contributed by atoms with Crippen LogP contribution in [0.25, 0.3) is 0 Å². The fourth-order valence-electron chi connectivity index (χ4n) is 3.37. The highest BCUT2D eigenvalue weighted by molar-refractivity contribution is 6.42. The summed E-state index contributed by atoms with van der Waals surface area (Å²) in [6.07, 6.45) is 0.458. The molecule has 2 aromatic carbocycles. The van der Waals surface area contributed by atoms with Gasteiger partial charge in [-0.2, -0.15) is 0 Å². The summed E-state index contributed by atoms with van der Waals surface area (Å²) in [6.45, 7) is 3.18. The molecular weight excluding hydrogens is 397 g/mol. The lowest BCUT2D eigenvalue weighted by atomic mass is 10.1. The first-order valence-electron chi connectivity index (χ1n) is 9.08. The summed E-state index contributed by atoms with van der Waals surface area (Å²) in [6, 6.07) is 10.9. The van der Waals surface area contributed by atoms with E-state index in [0.29, 0.717) is 35.2 Å². The standard InChI is InChI=1S/C21H23Cl2N3O2/c1-13-4-7-19(14(10-13)12-25(2)3)24-20(27)16-8-9-26(21(16)28)15-5-6-17(22)18(23)11-15/h4-7,10-11,16H,8-9,12H2,1-3H3,(H,24,27). The predicted octanol–water partition coefficient (Wildman–Crippen LogP) is 4.36. The summed E-state index contributed by atoms with van der Waals surface area (Å²) in [7, 11) is 3.95. The molecule has 0 aliphatic carbocycles. The summed E-state index contributed by atoms with van der Waals surface area (Å²) in [5, 5.41) is 3.76. The Balaban J connectivity index is 1.75. The predicted molar refractivity (Wildman–Crippen MR) is 114 cm³/mol. The van der Waals surface area contributed by atoms with E-state index >= 15 is 0 Å². The van der Waals surface area contributed by atoms with Gasteiger partial charge in [0.2, 0.25) is 11.8 Å². The topological polar surface area (TPSA) is 52.7 Å². The van der Waals surface area contributed by atoms with Crippen molar-refractivity contribution in [2.24, 2.45) is 5.92 Å². The molecule has 1 atom stereocenters. The van der Waals surface area contributed by atoms with Crippen molar-refractivity contribution in [2.75, 3.05) is 30.9 Å². The second-order valence-electron chi connectivity index (χ2n) is 7.32. The summed E-state index contributed by atoms with van der Waals surface area (Å²) in [5.74, 6) is -1.23. The summed E-state index contributed by atoms with van der Waals surface area (Å²) in [5.41, 5.74) is 3.53. The molecule has 2 amide bonds. The third-order valence-corrected chi connectivity index (χ3v) is 5.48. The average Bonchev–Trinajstić information content (AvgIpc) is 3.01. The SMILES string of the molecule is Cc1ccc(NC(=O)C2CCN(c3ccc(Cl)c(Cl)c3)C2=O)c(CN(C)C)c1. The maximum atomic E-state index is 12.8. The van der Waals surface area contributed by atoms with Crippen LogP contribution in [0.1, 0.15) is 17.5 Å². The zero-order valence-corrected chi connectivity index (χ0v) is 17.6. The number of rotatable bonds is 5. The van der Waals surface area contributed by atoms with Crippen molar-refractivity contribution in [3.05, 3.63) is 57.6 Å². The van der Waals surface area contributed by atoms with Gasteiger partial charge in [0.1, 0.15) is 5.92 Å². The maximum Gasteiger partial charge on any atom is 0.239 e. The molecule has 28 heavy (non-hydrogen) atoms. The number of nitrogens with zero attached hydrogens (tertiary/aromatic N) is 2. The third-order valence-electron chi connectivity index (χ3n) is 4.74. The van der Waals surface area contributed by atoms with Crippen LogP contribution in [-0.2, 0) is 16.1 Å². The van der Waals surface area contributed by atoms with Gasteiger partial charge in [-0.25, -0.2) is 0 Å². The number of amides is 2. The van der Waals surface area contributed by atoms with Crippen molar-refractivity contribution >= 4 is 46.4 Å². The minimum absolute atomic E-state index is 0.225. The summed E-state index contributed by atoms with van der Waals surface area (Å²) < 4.78 is 0. The molecular formula is C21H23Cl2N3O2. The Labute approximate surface area is 175 Å². The van der Waals surface area contributed by atoms with E-state index in [-0.39, 0.29) is 11.8 Å². The number of aryl methyl sites for hydroxylation is 1. The van der Waals surface area contributed by atoms with Gasteiger partial charge in [0, 0.05) is 24.5 Å². The van der Waals surface area contributed by atoms with E-state index in [9.17, 15) is 9.59 Å². The van der Waals surface area contributed by atoms with Gasteiger partial charge in [-0.1, -0.05) is 40.9 Å². The molecule has 0 saturated carbocycles. The van der Waals surface area contributed by atoms with Crippen molar-refractivity contribution in [1.29, 1.82) is 0 Å². The van der Waals surface area contributed by atoms with Crippen molar-refractivity contribution in [1.82, 2.24) is 4.90 Å². The van der Waals surface area contributed by atoms with E-state index < -0.39 is 5.92 Å². The van der Waals surface area contributed by atoms with Crippen LogP contribution in [0.5, 0.6) is 0 Å². The molecule has 3 rings (SSSR count). The first kappa shape index (κ1) is 20.6.